The van der Waals surface area contributed by atoms with Gasteiger partial charge in [0, 0.05) is 27.2 Å². The molecule has 0 radical (unpaired) electrons. The van der Waals surface area contributed by atoms with Crippen molar-refractivity contribution >= 4 is 27.5 Å². The third kappa shape index (κ3) is 3.61. The Morgan fingerprint density at radius 1 is 1.48 bits per heavy atom. The lowest BCUT2D eigenvalue weighted by molar-refractivity contribution is 0.0676. The highest BCUT2D eigenvalue weighted by atomic mass is 32.1. The quantitative estimate of drug-likeness (QED) is 0.809. The van der Waals surface area contributed by atoms with Gasteiger partial charge in [0.2, 0.25) is 0 Å². The maximum atomic E-state index is 12.9. The summed E-state index contributed by atoms with van der Waals surface area (Å²) >= 11 is 1.29. The average molecular weight is 337 g/mol. The Morgan fingerprint density at radius 3 is 2.78 bits per heavy atom. The van der Waals surface area contributed by atoms with Crippen LogP contribution in [0.3, 0.4) is 0 Å². The molecule has 0 aliphatic carbocycles. The number of carbonyl (C=O) groups excluding carboxylic acids is 1. The highest BCUT2D eigenvalue weighted by Crippen LogP contribution is 2.28. The minimum absolute atomic E-state index is 0.0571. The SMILES string of the molecule is COCCN(CC(C)C)C(=O)c1sc2ncn(C)c(=O)c2c1C. The molecule has 2 aromatic heterocycles. The summed E-state index contributed by atoms with van der Waals surface area (Å²) < 4.78 is 6.55. The fraction of sp³-hybridized carbons (Fsp3) is 0.562. The van der Waals surface area contributed by atoms with Crippen LogP contribution in [0.2, 0.25) is 0 Å². The van der Waals surface area contributed by atoms with Crippen LogP contribution in [-0.2, 0) is 11.8 Å². The van der Waals surface area contributed by atoms with Crippen molar-refractivity contribution in [2.24, 2.45) is 13.0 Å². The van der Waals surface area contributed by atoms with Crippen LogP contribution in [0.5, 0.6) is 0 Å². The highest BCUT2D eigenvalue weighted by molar-refractivity contribution is 7.20. The van der Waals surface area contributed by atoms with Gasteiger partial charge in [-0.15, -0.1) is 11.3 Å². The third-order valence-corrected chi connectivity index (χ3v) is 4.83. The number of methoxy groups -OCH3 is 1. The van der Waals surface area contributed by atoms with E-state index in [-0.39, 0.29) is 11.5 Å². The molecule has 0 fully saturated rings. The molecular weight excluding hydrogens is 314 g/mol. The van der Waals surface area contributed by atoms with Crippen molar-refractivity contribution in [1.29, 1.82) is 0 Å². The number of nitrogens with zero attached hydrogens (tertiary/aromatic N) is 3. The van der Waals surface area contributed by atoms with Crippen LogP contribution in [0.1, 0.15) is 29.1 Å². The van der Waals surface area contributed by atoms with Crippen LogP contribution >= 0.6 is 11.3 Å². The fourth-order valence-corrected chi connectivity index (χ4v) is 3.58. The molecule has 0 N–H and O–H groups in total. The predicted molar refractivity (Wildman–Crippen MR) is 92.2 cm³/mol. The second-order valence-electron chi connectivity index (χ2n) is 6.03. The second kappa shape index (κ2) is 7.23. The van der Waals surface area contributed by atoms with Crippen molar-refractivity contribution in [2.45, 2.75) is 20.8 Å². The van der Waals surface area contributed by atoms with Crippen LogP contribution in [0.4, 0.5) is 0 Å². The lowest BCUT2D eigenvalue weighted by Crippen LogP contribution is -2.36. The Morgan fingerprint density at radius 2 is 2.17 bits per heavy atom. The van der Waals surface area contributed by atoms with Gasteiger partial charge in [-0.25, -0.2) is 4.98 Å². The van der Waals surface area contributed by atoms with Crippen molar-refractivity contribution in [3.63, 3.8) is 0 Å². The van der Waals surface area contributed by atoms with Crippen molar-refractivity contribution in [1.82, 2.24) is 14.5 Å². The van der Waals surface area contributed by atoms with Gasteiger partial charge < -0.3 is 14.2 Å². The minimum Gasteiger partial charge on any atom is -0.383 e. The first-order chi connectivity index (χ1) is 10.9. The molecule has 0 aliphatic heterocycles. The monoisotopic (exact) mass is 337 g/mol. The number of hydrogen-bond acceptors (Lipinski definition) is 5. The minimum atomic E-state index is -0.116. The van der Waals surface area contributed by atoms with Crippen molar-refractivity contribution in [3.8, 4) is 0 Å². The average Bonchev–Trinajstić information content (AvgIpc) is 2.84. The molecule has 0 saturated heterocycles. The van der Waals surface area contributed by atoms with Crippen molar-refractivity contribution in [2.75, 3.05) is 26.8 Å². The molecule has 0 saturated carbocycles. The van der Waals surface area contributed by atoms with Crippen LogP contribution in [0.25, 0.3) is 10.2 Å². The molecule has 7 heteroatoms. The van der Waals surface area contributed by atoms with Gasteiger partial charge in [-0.2, -0.15) is 0 Å². The largest absolute Gasteiger partial charge is 0.383 e. The number of ether oxygens (including phenoxy) is 1. The number of aryl methyl sites for hydroxylation is 2. The Balaban J connectivity index is 2.44. The lowest BCUT2D eigenvalue weighted by atomic mass is 10.1. The normalized spacial score (nSPS) is 11.4. The van der Waals surface area contributed by atoms with E-state index in [2.05, 4.69) is 18.8 Å². The summed E-state index contributed by atoms with van der Waals surface area (Å²) in [5, 5.41) is 0.541. The number of aromatic nitrogens is 2. The number of hydrogen-bond donors (Lipinski definition) is 0. The van der Waals surface area contributed by atoms with Gasteiger partial charge in [0.25, 0.3) is 11.5 Å². The Kier molecular flexibility index (Phi) is 5.54. The van der Waals surface area contributed by atoms with E-state index >= 15 is 0 Å². The first-order valence-corrected chi connectivity index (χ1v) is 8.41. The van der Waals surface area contributed by atoms with E-state index in [0.717, 1.165) is 5.56 Å². The number of rotatable bonds is 6. The fourth-order valence-electron chi connectivity index (χ4n) is 2.47. The van der Waals surface area contributed by atoms with Crippen LogP contribution in [-0.4, -0.2) is 47.2 Å². The summed E-state index contributed by atoms with van der Waals surface area (Å²) in [6.45, 7) is 7.64. The molecule has 0 unspecified atom stereocenters. The van der Waals surface area contributed by atoms with Crippen molar-refractivity contribution < 1.29 is 9.53 Å². The zero-order valence-corrected chi connectivity index (χ0v) is 15.1. The molecule has 0 aliphatic rings. The standard InChI is InChI=1S/C16H23N3O3S/c1-10(2)8-19(6-7-22-5)16(21)13-11(3)12-14(23-13)17-9-18(4)15(12)20/h9-10H,6-8H2,1-5H3. The third-order valence-electron chi connectivity index (χ3n) is 3.64. The van der Waals surface area contributed by atoms with E-state index in [1.807, 2.05) is 6.92 Å². The van der Waals surface area contributed by atoms with E-state index < -0.39 is 0 Å². The topological polar surface area (TPSA) is 64.4 Å². The predicted octanol–water partition coefficient (Wildman–Crippen LogP) is 2.05. The first kappa shape index (κ1) is 17.6. The molecule has 2 heterocycles. The molecule has 2 aromatic rings. The van der Waals surface area contributed by atoms with E-state index in [4.69, 9.17) is 4.74 Å². The van der Waals surface area contributed by atoms with Gasteiger partial charge in [-0.1, -0.05) is 13.8 Å². The van der Waals surface area contributed by atoms with Gasteiger partial charge in [0.05, 0.1) is 23.2 Å². The number of carbonyl (C=O) groups is 1. The zero-order chi connectivity index (χ0) is 17.1. The van der Waals surface area contributed by atoms with E-state index in [1.165, 1.54) is 22.2 Å². The van der Waals surface area contributed by atoms with Crippen LogP contribution in [0.15, 0.2) is 11.1 Å². The van der Waals surface area contributed by atoms with E-state index in [1.54, 1.807) is 19.1 Å². The lowest BCUT2D eigenvalue weighted by Gasteiger charge is -2.24. The molecule has 0 bridgehead atoms. The maximum Gasteiger partial charge on any atom is 0.264 e. The van der Waals surface area contributed by atoms with Gasteiger partial charge in [0.15, 0.2) is 0 Å². The summed E-state index contributed by atoms with van der Waals surface area (Å²) in [5.74, 6) is 0.301. The molecular formula is C16H23N3O3S. The molecule has 23 heavy (non-hydrogen) atoms. The smallest absolute Gasteiger partial charge is 0.264 e. The van der Waals surface area contributed by atoms with E-state index in [0.29, 0.717) is 40.7 Å². The number of amides is 1. The van der Waals surface area contributed by atoms with Gasteiger partial charge in [-0.05, 0) is 18.4 Å². The summed E-state index contributed by atoms with van der Waals surface area (Å²) in [6.07, 6.45) is 1.49. The van der Waals surface area contributed by atoms with Crippen LogP contribution < -0.4 is 5.56 Å². The molecule has 0 spiro atoms. The summed E-state index contributed by atoms with van der Waals surface area (Å²) in [6, 6.07) is 0. The summed E-state index contributed by atoms with van der Waals surface area (Å²) in [7, 11) is 3.29. The zero-order valence-electron chi connectivity index (χ0n) is 14.3. The molecule has 126 valence electrons. The Labute approximate surface area is 139 Å². The van der Waals surface area contributed by atoms with Crippen LogP contribution in [0, 0.1) is 12.8 Å². The Bertz CT molecular complexity index is 764. The molecule has 6 nitrogen and oxygen atoms in total. The first-order valence-electron chi connectivity index (χ1n) is 7.59. The van der Waals surface area contributed by atoms with Gasteiger partial charge in [-0.3, -0.25) is 9.59 Å². The summed E-state index contributed by atoms with van der Waals surface area (Å²) in [4.78, 5) is 32.5. The van der Waals surface area contributed by atoms with Gasteiger partial charge in [0.1, 0.15) is 4.83 Å². The van der Waals surface area contributed by atoms with E-state index in [9.17, 15) is 9.59 Å². The highest BCUT2D eigenvalue weighted by Gasteiger charge is 2.23. The maximum absolute atomic E-state index is 12.9. The second-order valence-corrected chi connectivity index (χ2v) is 7.03. The Hall–Kier alpha value is -1.73. The molecule has 2 rings (SSSR count). The molecule has 0 atom stereocenters. The number of thiophene rings is 1. The van der Waals surface area contributed by atoms with Crippen molar-refractivity contribution in [3.05, 3.63) is 27.1 Å². The molecule has 1 amide bonds. The summed E-state index contributed by atoms with van der Waals surface area (Å²) in [5.41, 5.74) is 0.602. The number of fused-ring (bicyclic) bond motifs is 1. The molecule has 0 aromatic carbocycles. The van der Waals surface area contributed by atoms with Gasteiger partial charge >= 0.3 is 0 Å².